The molecule has 1 amide bonds. The van der Waals surface area contributed by atoms with Crippen LogP contribution in [0.1, 0.15) is 16.3 Å². The second-order valence-electron chi connectivity index (χ2n) is 6.45. The first-order valence-corrected chi connectivity index (χ1v) is 10.5. The number of thioether (sulfide) groups is 1. The largest absolute Gasteiger partial charge is 0.350 e. The molecule has 30 heavy (non-hydrogen) atoms. The smallest absolute Gasteiger partial charge is 0.269 e. The second-order valence-corrected chi connectivity index (χ2v) is 7.23. The monoisotopic (exact) mass is 422 g/mol. The van der Waals surface area contributed by atoms with Crippen molar-refractivity contribution >= 4 is 17.7 Å². The predicted molar refractivity (Wildman–Crippen MR) is 113 cm³/mol. The van der Waals surface area contributed by atoms with Crippen LogP contribution in [0.4, 0.5) is 4.39 Å². The quantitative estimate of drug-likeness (QED) is 0.445. The highest BCUT2D eigenvalue weighted by Crippen LogP contribution is 2.21. The molecule has 0 unspecified atom stereocenters. The molecule has 2 aromatic carbocycles. The molecule has 0 atom stereocenters. The molecule has 0 aliphatic rings. The molecule has 9 heteroatoms. The van der Waals surface area contributed by atoms with Gasteiger partial charge in [-0.2, -0.15) is 5.10 Å². The van der Waals surface area contributed by atoms with Crippen LogP contribution in [0.3, 0.4) is 0 Å². The fourth-order valence-electron chi connectivity index (χ4n) is 3.02. The Labute approximate surface area is 176 Å². The van der Waals surface area contributed by atoms with E-state index in [2.05, 4.69) is 25.7 Å². The Morgan fingerprint density at radius 2 is 1.90 bits per heavy atom. The van der Waals surface area contributed by atoms with Crippen LogP contribution in [-0.4, -0.2) is 43.7 Å². The van der Waals surface area contributed by atoms with Crippen molar-refractivity contribution in [3.63, 3.8) is 0 Å². The highest BCUT2D eigenvalue weighted by atomic mass is 32.2. The van der Waals surface area contributed by atoms with E-state index in [4.69, 9.17) is 0 Å². The minimum atomic E-state index is -0.305. The van der Waals surface area contributed by atoms with Crippen LogP contribution in [0.5, 0.6) is 0 Å². The third kappa shape index (κ3) is 4.25. The van der Waals surface area contributed by atoms with Gasteiger partial charge in [0.1, 0.15) is 17.3 Å². The lowest BCUT2D eigenvalue weighted by Gasteiger charge is -2.09. The van der Waals surface area contributed by atoms with Gasteiger partial charge in [0.2, 0.25) is 0 Å². The molecular formula is C21H19FN6OS. The Bertz CT molecular complexity index is 1140. The van der Waals surface area contributed by atoms with Crippen LogP contribution in [0.15, 0.2) is 65.8 Å². The van der Waals surface area contributed by atoms with Crippen molar-refractivity contribution in [2.75, 3.05) is 12.8 Å². The first-order valence-electron chi connectivity index (χ1n) is 9.29. The minimum Gasteiger partial charge on any atom is -0.350 e. The Kier molecular flexibility index (Phi) is 5.89. The topological polar surface area (TPSA) is 88.5 Å². The van der Waals surface area contributed by atoms with Gasteiger partial charge in [-0.05, 0) is 36.6 Å². The van der Waals surface area contributed by atoms with E-state index in [0.29, 0.717) is 35.3 Å². The van der Waals surface area contributed by atoms with E-state index >= 15 is 0 Å². The Hall–Kier alpha value is -3.46. The minimum absolute atomic E-state index is 0.248. The standard InChI is InChI=1S/C21H19FN6OS/c1-30-21-27-26-19(28(21)16-9-7-15(22)8-10-16)11-12-23-20(29)18-13-17(24-25-18)14-5-3-2-4-6-14/h2-10,13H,11-12H2,1H3,(H,23,29)(H,24,25). The number of rotatable bonds is 7. The third-order valence-electron chi connectivity index (χ3n) is 4.49. The van der Waals surface area contributed by atoms with Crippen molar-refractivity contribution in [2.24, 2.45) is 0 Å². The lowest BCUT2D eigenvalue weighted by molar-refractivity contribution is 0.0949. The number of aromatic amines is 1. The van der Waals surface area contributed by atoms with Crippen LogP contribution in [-0.2, 0) is 6.42 Å². The summed E-state index contributed by atoms with van der Waals surface area (Å²) in [5.74, 6) is 0.129. The summed E-state index contributed by atoms with van der Waals surface area (Å²) in [7, 11) is 0. The normalized spacial score (nSPS) is 10.9. The molecule has 4 rings (SSSR count). The number of carbonyl (C=O) groups is 1. The van der Waals surface area contributed by atoms with Crippen molar-refractivity contribution in [2.45, 2.75) is 11.6 Å². The summed E-state index contributed by atoms with van der Waals surface area (Å²) in [4.78, 5) is 12.5. The fourth-order valence-corrected chi connectivity index (χ4v) is 3.54. The SMILES string of the molecule is CSc1nnc(CCNC(=O)c2cc(-c3ccccc3)n[nH]2)n1-c1ccc(F)cc1. The molecule has 2 heterocycles. The molecule has 0 spiro atoms. The molecule has 0 aliphatic carbocycles. The van der Waals surface area contributed by atoms with Crippen LogP contribution >= 0.6 is 11.8 Å². The average molecular weight is 422 g/mol. The highest BCUT2D eigenvalue weighted by molar-refractivity contribution is 7.98. The van der Waals surface area contributed by atoms with Crippen molar-refractivity contribution in [1.29, 1.82) is 0 Å². The summed E-state index contributed by atoms with van der Waals surface area (Å²) in [6.07, 6.45) is 2.37. The number of benzene rings is 2. The molecule has 0 saturated heterocycles. The fraction of sp³-hybridized carbons (Fsp3) is 0.143. The maximum atomic E-state index is 13.3. The van der Waals surface area contributed by atoms with Gasteiger partial charge < -0.3 is 5.32 Å². The van der Waals surface area contributed by atoms with Gasteiger partial charge in [0.25, 0.3) is 5.91 Å². The van der Waals surface area contributed by atoms with E-state index in [1.807, 2.05) is 41.2 Å². The molecular weight excluding hydrogens is 403 g/mol. The van der Waals surface area contributed by atoms with Gasteiger partial charge in [-0.3, -0.25) is 14.5 Å². The van der Waals surface area contributed by atoms with Gasteiger partial charge in [-0.15, -0.1) is 10.2 Å². The maximum absolute atomic E-state index is 13.3. The zero-order valence-corrected chi connectivity index (χ0v) is 17.0. The van der Waals surface area contributed by atoms with Crippen LogP contribution < -0.4 is 5.32 Å². The number of nitrogens with zero attached hydrogens (tertiary/aromatic N) is 4. The Morgan fingerprint density at radius 1 is 1.13 bits per heavy atom. The molecule has 0 aliphatic heterocycles. The van der Waals surface area contributed by atoms with Crippen LogP contribution in [0, 0.1) is 5.82 Å². The summed E-state index contributed by atoms with van der Waals surface area (Å²) in [6.45, 7) is 0.367. The van der Waals surface area contributed by atoms with Crippen LogP contribution in [0.25, 0.3) is 16.9 Å². The average Bonchev–Trinajstić information content (AvgIpc) is 3.42. The van der Waals surface area contributed by atoms with Gasteiger partial charge in [0.15, 0.2) is 5.16 Å². The van der Waals surface area contributed by atoms with Crippen LogP contribution in [0.2, 0.25) is 0 Å². The summed E-state index contributed by atoms with van der Waals surface area (Å²) >= 11 is 1.45. The number of H-pyrrole nitrogens is 1. The molecule has 4 aromatic rings. The van der Waals surface area contributed by atoms with Crippen molar-refractivity contribution < 1.29 is 9.18 Å². The van der Waals surface area contributed by atoms with E-state index in [9.17, 15) is 9.18 Å². The van der Waals surface area contributed by atoms with E-state index in [1.54, 1.807) is 18.2 Å². The molecule has 0 fully saturated rings. The highest BCUT2D eigenvalue weighted by Gasteiger charge is 2.15. The maximum Gasteiger partial charge on any atom is 0.269 e. The Balaban J connectivity index is 1.42. The van der Waals surface area contributed by atoms with Gasteiger partial charge in [0.05, 0.1) is 5.69 Å². The summed E-state index contributed by atoms with van der Waals surface area (Å²) in [6, 6.07) is 17.5. The number of halogens is 1. The first kappa shape index (κ1) is 19.8. The number of hydrogen-bond acceptors (Lipinski definition) is 5. The zero-order valence-electron chi connectivity index (χ0n) is 16.2. The zero-order chi connectivity index (χ0) is 20.9. The number of amides is 1. The van der Waals surface area contributed by atoms with Gasteiger partial charge in [-0.1, -0.05) is 42.1 Å². The summed E-state index contributed by atoms with van der Waals surface area (Å²) in [5.41, 5.74) is 2.80. The van der Waals surface area contributed by atoms with Gasteiger partial charge in [-0.25, -0.2) is 4.39 Å². The number of nitrogens with one attached hydrogen (secondary N) is 2. The number of carbonyl (C=O) groups excluding carboxylic acids is 1. The van der Waals surface area contributed by atoms with E-state index in [1.165, 1.54) is 23.9 Å². The van der Waals surface area contributed by atoms with E-state index in [-0.39, 0.29) is 11.7 Å². The van der Waals surface area contributed by atoms with E-state index < -0.39 is 0 Å². The predicted octanol–water partition coefficient (Wildman–Crippen LogP) is 3.49. The molecule has 0 bridgehead atoms. The van der Waals surface area contributed by atoms with E-state index in [0.717, 1.165) is 11.3 Å². The van der Waals surface area contributed by atoms with Crippen molar-refractivity contribution in [3.8, 4) is 16.9 Å². The molecule has 0 radical (unpaired) electrons. The number of hydrogen-bond donors (Lipinski definition) is 2. The van der Waals surface area contributed by atoms with Crippen molar-refractivity contribution in [1.82, 2.24) is 30.3 Å². The molecule has 0 saturated carbocycles. The molecule has 2 aromatic heterocycles. The van der Waals surface area contributed by atoms with Gasteiger partial charge >= 0.3 is 0 Å². The summed E-state index contributed by atoms with van der Waals surface area (Å²) < 4.78 is 15.1. The molecule has 7 nitrogen and oxygen atoms in total. The molecule has 152 valence electrons. The summed E-state index contributed by atoms with van der Waals surface area (Å²) in [5, 5.41) is 19.0. The second kappa shape index (κ2) is 8.91. The third-order valence-corrected chi connectivity index (χ3v) is 5.12. The Morgan fingerprint density at radius 3 is 2.63 bits per heavy atom. The molecule has 2 N–H and O–H groups in total. The lowest BCUT2D eigenvalue weighted by atomic mass is 10.1. The first-order chi connectivity index (χ1) is 14.7. The van der Waals surface area contributed by atoms with Crippen molar-refractivity contribution in [3.05, 3.63) is 78.0 Å². The number of aromatic nitrogens is 5. The van der Waals surface area contributed by atoms with Gasteiger partial charge in [0, 0.05) is 24.2 Å². The lowest BCUT2D eigenvalue weighted by Crippen LogP contribution is -2.26.